The Morgan fingerprint density at radius 2 is 2.32 bits per heavy atom. The van der Waals surface area contributed by atoms with Crippen LogP contribution in [0.4, 0.5) is 11.4 Å². The molecule has 3 rings (SSSR count). The number of hydrogen-bond acceptors (Lipinski definition) is 5. The van der Waals surface area contributed by atoms with Crippen molar-refractivity contribution in [3.8, 4) is 0 Å². The van der Waals surface area contributed by atoms with Gasteiger partial charge >= 0.3 is 0 Å². The second-order valence-corrected chi connectivity index (χ2v) is 4.98. The van der Waals surface area contributed by atoms with Crippen LogP contribution in [0.15, 0.2) is 30.5 Å². The van der Waals surface area contributed by atoms with Crippen LogP contribution in [0.25, 0.3) is 10.9 Å². The number of hydrogen-bond donors (Lipinski definition) is 3. The van der Waals surface area contributed by atoms with E-state index in [-0.39, 0.29) is 0 Å². The molecule has 1 saturated heterocycles. The first-order valence-electron chi connectivity index (χ1n) is 6.35. The van der Waals surface area contributed by atoms with Crippen LogP contribution in [-0.2, 0) is 4.74 Å². The van der Waals surface area contributed by atoms with Gasteiger partial charge in [-0.15, -0.1) is 0 Å². The predicted molar refractivity (Wildman–Crippen MR) is 75.0 cm³/mol. The average molecular weight is 259 g/mol. The maximum Gasteiger partial charge on any atom is 0.107 e. The van der Waals surface area contributed by atoms with E-state index in [2.05, 4.69) is 10.3 Å². The Hall–Kier alpha value is -1.85. The molecule has 5 nitrogen and oxygen atoms in total. The summed E-state index contributed by atoms with van der Waals surface area (Å²) in [6.45, 7) is 1.45. The fourth-order valence-electron chi connectivity index (χ4n) is 2.35. The lowest BCUT2D eigenvalue weighted by Gasteiger charge is -2.22. The summed E-state index contributed by atoms with van der Waals surface area (Å²) >= 11 is 0. The normalized spacial score (nSPS) is 22.8. The largest absolute Gasteiger partial charge is 0.397 e. The van der Waals surface area contributed by atoms with Crippen molar-refractivity contribution in [3.63, 3.8) is 0 Å². The van der Waals surface area contributed by atoms with E-state index >= 15 is 0 Å². The van der Waals surface area contributed by atoms with Gasteiger partial charge in [0, 0.05) is 36.8 Å². The monoisotopic (exact) mass is 259 g/mol. The zero-order valence-corrected chi connectivity index (χ0v) is 10.6. The number of pyridine rings is 1. The van der Waals surface area contributed by atoms with E-state index in [9.17, 15) is 5.11 Å². The van der Waals surface area contributed by atoms with Crippen molar-refractivity contribution in [1.29, 1.82) is 0 Å². The quantitative estimate of drug-likeness (QED) is 0.726. The minimum Gasteiger partial charge on any atom is -0.397 e. The molecular formula is C14H17N3O2. The molecule has 2 aromatic rings. The lowest BCUT2D eigenvalue weighted by Crippen LogP contribution is -2.37. The van der Waals surface area contributed by atoms with Gasteiger partial charge in [0.25, 0.3) is 0 Å². The molecule has 0 saturated carbocycles. The molecule has 1 aromatic carbocycles. The molecule has 0 bridgehead atoms. The van der Waals surface area contributed by atoms with Gasteiger partial charge in [-0.05, 0) is 12.1 Å². The van der Waals surface area contributed by atoms with Crippen LogP contribution in [0, 0.1) is 0 Å². The van der Waals surface area contributed by atoms with Crippen LogP contribution < -0.4 is 11.1 Å². The van der Waals surface area contributed by atoms with E-state index in [1.807, 2.05) is 24.3 Å². The van der Waals surface area contributed by atoms with E-state index in [1.54, 1.807) is 6.20 Å². The van der Waals surface area contributed by atoms with E-state index < -0.39 is 5.60 Å². The van der Waals surface area contributed by atoms with Crippen molar-refractivity contribution in [2.24, 2.45) is 0 Å². The Morgan fingerprint density at radius 3 is 3.11 bits per heavy atom. The topological polar surface area (TPSA) is 80.4 Å². The highest BCUT2D eigenvalue weighted by molar-refractivity contribution is 5.97. The number of nitrogen functional groups attached to an aromatic ring is 1. The van der Waals surface area contributed by atoms with E-state index in [0.717, 1.165) is 16.6 Å². The Kier molecular flexibility index (Phi) is 3.00. The molecule has 2 heterocycles. The highest BCUT2D eigenvalue weighted by Crippen LogP contribution is 2.26. The number of aliphatic hydroxyl groups is 1. The van der Waals surface area contributed by atoms with Gasteiger partial charge in [0.05, 0.1) is 17.8 Å². The number of nitrogens with two attached hydrogens (primary N) is 1. The van der Waals surface area contributed by atoms with Crippen molar-refractivity contribution in [1.82, 2.24) is 4.98 Å². The molecule has 19 heavy (non-hydrogen) atoms. The van der Waals surface area contributed by atoms with Crippen molar-refractivity contribution in [2.75, 3.05) is 30.8 Å². The zero-order chi connectivity index (χ0) is 13.3. The molecule has 1 fully saturated rings. The summed E-state index contributed by atoms with van der Waals surface area (Å²) in [4.78, 5) is 4.29. The summed E-state index contributed by atoms with van der Waals surface area (Å²) in [7, 11) is 0. The SMILES string of the molecule is Nc1cccc2c(NCC3(O)CCOC3)ccnc12. The number of aromatic nitrogens is 1. The molecule has 1 unspecified atom stereocenters. The van der Waals surface area contributed by atoms with Crippen molar-refractivity contribution in [3.05, 3.63) is 30.5 Å². The van der Waals surface area contributed by atoms with E-state index in [0.29, 0.717) is 31.9 Å². The van der Waals surface area contributed by atoms with E-state index in [1.165, 1.54) is 0 Å². The first-order valence-corrected chi connectivity index (χ1v) is 6.35. The number of nitrogens with one attached hydrogen (secondary N) is 1. The standard InChI is InChI=1S/C14H17N3O2/c15-11-3-1-2-10-12(4-6-16-13(10)11)17-8-14(18)5-7-19-9-14/h1-4,6,18H,5,7-9,15H2,(H,16,17). The smallest absolute Gasteiger partial charge is 0.107 e. The van der Waals surface area contributed by atoms with Gasteiger partial charge in [0.1, 0.15) is 5.60 Å². The van der Waals surface area contributed by atoms with Crippen molar-refractivity contribution in [2.45, 2.75) is 12.0 Å². The van der Waals surface area contributed by atoms with Gasteiger partial charge in [0.2, 0.25) is 0 Å². The minimum atomic E-state index is -0.782. The highest BCUT2D eigenvalue weighted by Gasteiger charge is 2.31. The van der Waals surface area contributed by atoms with Crippen molar-refractivity contribution >= 4 is 22.3 Å². The first kappa shape index (κ1) is 12.2. The Balaban J connectivity index is 1.87. The third-order valence-electron chi connectivity index (χ3n) is 3.49. The molecule has 100 valence electrons. The molecule has 1 atom stereocenters. The van der Waals surface area contributed by atoms with Gasteiger partial charge in [-0.2, -0.15) is 0 Å². The van der Waals surface area contributed by atoms with Crippen LogP contribution in [0.1, 0.15) is 6.42 Å². The van der Waals surface area contributed by atoms with Gasteiger partial charge in [0.15, 0.2) is 0 Å². The average Bonchev–Trinajstić information content (AvgIpc) is 2.84. The molecule has 4 N–H and O–H groups in total. The molecule has 0 amide bonds. The second kappa shape index (κ2) is 4.68. The minimum absolute atomic E-state index is 0.380. The lowest BCUT2D eigenvalue weighted by molar-refractivity contribution is 0.0382. The van der Waals surface area contributed by atoms with Crippen LogP contribution >= 0.6 is 0 Å². The summed E-state index contributed by atoms with van der Waals surface area (Å²) < 4.78 is 5.23. The molecule has 0 aliphatic carbocycles. The summed E-state index contributed by atoms with van der Waals surface area (Å²) in [5, 5.41) is 14.5. The molecule has 1 aliphatic rings. The van der Waals surface area contributed by atoms with Gasteiger partial charge in [-0.25, -0.2) is 0 Å². The fraction of sp³-hybridized carbons (Fsp3) is 0.357. The van der Waals surface area contributed by atoms with Gasteiger partial charge < -0.3 is 20.9 Å². The van der Waals surface area contributed by atoms with Crippen LogP contribution in [0.5, 0.6) is 0 Å². The number of rotatable bonds is 3. The highest BCUT2D eigenvalue weighted by atomic mass is 16.5. The summed E-state index contributed by atoms with van der Waals surface area (Å²) in [6, 6.07) is 7.59. The third-order valence-corrected chi connectivity index (χ3v) is 3.49. The first-order chi connectivity index (χ1) is 9.18. The number of fused-ring (bicyclic) bond motifs is 1. The Bertz CT molecular complexity index is 594. The summed E-state index contributed by atoms with van der Waals surface area (Å²) in [5.41, 5.74) is 7.49. The lowest BCUT2D eigenvalue weighted by atomic mass is 10.0. The van der Waals surface area contributed by atoms with Crippen LogP contribution in [-0.4, -0.2) is 35.5 Å². The fourth-order valence-corrected chi connectivity index (χ4v) is 2.35. The predicted octanol–water partition coefficient (Wildman–Crippen LogP) is 1.38. The number of nitrogens with zero attached hydrogens (tertiary/aromatic N) is 1. The van der Waals surface area contributed by atoms with Gasteiger partial charge in [-0.1, -0.05) is 12.1 Å². The zero-order valence-electron chi connectivity index (χ0n) is 10.6. The number of anilines is 2. The number of benzene rings is 1. The van der Waals surface area contributed by atoms with Gasteiger partial charge in [-0.3, -0.25) is 4.98 Å². The number of ether oxygens (including phenoxy) is 1. The van der Waals surface area contributed by atoms with Crippen LogP contribution in [0.3, 0.4) is 0 Å². The second-order valence-electron chi connectivity index (χ2n) is 4.98. The molecule has 0 radical (unpaired) electrons. The molecule has 0 spiro atoms. The molecule has 5 heteroatoms. The number of para-hydroxylation sites is 1. The summed E-state index contributed by atoms with van der Waals surface area (Å²) in [5.74, 6) is 0. The maximum absolute atomic E-state index is 10.3. The van der Waals surface area contributed by atoms with Crippen LogP contribution in [0.2, 0.25) is 0 Å². The maximum atomic E-state index is 10.3. The third kappa shape index (κ3) is 2.34. The Morgan fingerprint density at radius 1 is 1.42 bits per heavy atom. The molecular weight excluding hydrogens is 242 g/mol. The molecule has 1 aliphatic heterocycles. The van der Waals surface area contributed by atoms with E-state index in [4.69, 9.17) is 10.5 Å². The Labute approximate surface area is 111 Å². The summed E-state index contributed by atoms with van der Waals surface area (Å²) in [6.07, 6.45) is 2.38. The molecule has 1 aromatic heterocycles. The van der Waals surface area contributed by atoms with Crippen molar-refractivity contribution < 1.29 is 9.84 Å².